The first kappa shape index (κ1) is 13.3. The van der Waals surface area contributed by atoms with Crippen molar-refractivity contribution in [3.05, 3.63) is 70.8 Å². The van der Waals surface area contributed by atoms with Gasteiger partial charge in [-0.3, -0.25) is 4.79 Å². The molecule has 0 spiro atoms. The highest BCUT2D eigenvalue weighted by Gasteiger charge is 2.18. The summed E-state index contributed by atoms with van der Waals surface area (Å²) in [6.07, 6.45) is 0.876. The molecule has 0 aliphatic carbocycles. The number of rotatable bonds is 2. The first-order valence-corrected chi connectivity index (χ1v) is 6.77. The second kappa shape index (κ2) is 6.19. The van der Waals surface area contributed by atoms with E-state index in [0.29, 0.717) is 6.54 Å². The third-order valence-corrected chi connectivity index (χ3v) is 3.11. The largest absolute Gasteiger partial charge is 0.348 e. The SMILES string of the molecule is CC.O=C1NCc2ccc(Cc3ccccc3)cc21.[HH]. The minimum Gasteiger partial charge on any atom is -0.348 e. The van der Waals surface area contributed by atoms with E-state index < -0.39 is 0 Å². The Labute approximate surface area is 116 Å². The Kier molecular flexibility index (Phi) is 4.35. The zero-order chi connectivity index (χ0) is 13.7. The Hall–Kier alpha value is -2.09. The molecule has 2 heteroatoms. The molecule has 0 saturated heterocycles. The van der Waals surface area contributed by atoms with Gasteiger partial charge in [0, 0.05) is 13.5 Å². The van der Waals surface area contributed by atoms with Crippen molar-refractivity contribution >= 4 is 5.91 Å². The van der Waals surface area contributed by atoms with Gasteiger partial charge in [0.05, 0.1) is 0 Å². The van der Waals surface area contributed by atoms with Crippen LogP contribution in [0, 0.1) is 0 Å². The van der Waals surface area contributed by atoms with Gasteiger partial charge >= 0.3 is 0 Å². The van der Waals surface area contributed by atoms with Gasteiger partial charge < -0.3 is 5.32 Å². The molecule has 100 valence electrons. The molecule has 19 heavy (non-hydrogen) atoms. The standard InChI is InChI=1S/C15H13NO.C2H6.H2/c17-15-14-9-12(6-7-13(14)10-16-15)8-11-4-2-1-3-5-11;1-2;/h1-7,9H,8,10H2,(H,16,17);1-2H3;1H. The minimum atomic E-state index is 0. The van der Waals surface area contributed by atoms with E-state index in [0.717, 1.165) is 17.5 Å². The van der Waals surface area contributed by atoms with Gasteiger partial charge in [-0.15, -0.1) is 0 Å². The topological polar surface area (TPSA) is 29.1 Å². The lowest BCUT2D eigenvalue weighted by molar-refractivity contribution is 0.0965. The van der Waals surface area contributed by atoms with E-state index in [1.807, 2.05) is 44.2 Å². The summed E-state index contributed by atoms with van der Waals surface area (Å²) in [5, 5.41) is 2.84. The highest BCUT2D eigenvalue weighted by Crippen LogP contribution is 2.19. The number of carbonyl (C=O) groups is 1. The van der Waals surface area contributed by atoms with E-state index in [4.69, 9.17) is 0 Å². The monoisotopic (exact) mass is 255 g/mol. The molecule has 3 rings (SSSR count). The van der Waals surface area contributed by atoms with Crippen molar-refractivity contribution in [2.24, 2.45) is 0 Å². The molecule has 2 nitrogen and oxygen atoms in total. The maximum Gasteiger partial charge on any atom is 0.251 e. The van der Waals surface area contributed by atoms with E-state index in [1.54, 1.807) is 0 Å². The summed E-state index contributed by atoms with van der Waals surface area (Å²) in [6, 6.07) is 16.5. The van der Waals surface area contributed by atoms with Crippen LogP contribution in [0.25, 0.3) is 0 Å². The van der Waals surface area contributed by atoms with E-state index in [9.17, 15) is 4.79 Å². The average Bonchev–Trinajstić information content (AvgIpc) is 2.84. The quantitative estimate of drug-likeness (QED) is 0.869. The van der Waals surface area contributed by atoms with Crippen LogP contribution < -0.4 is 5.32 Å². The highest BCUT2D eigenvalue weighted by atomic mass is 16.1. The Morgan fingerprint density at radius 1 is 1.05 bits per heavy atom. The van der Waals surface area contributed by atoms with E-state index in [2.05, 4.69) is 23.5 Å². The summed E-state index contributed by atoms with van der Waals surface area (Å²) in [5.74, 6) is 0.0508. The molecule has 0 aromatic heterocycles. The molecular formula is C17H21NO. The number of fused-ring (bicyclic) bond motifs is 1. The van der Waals surface area contributed by atoms with Crippen molar-refractivity contribution in [2.75, 3.05) is 0 Å². The summed E-state index contributed by atoms with van der Waals surface area (Å²) in [6.45, 7) is 4.67. The van der Waals surface area contributed by atoms with Crippen LogP contribution in [0.3, 0.4) is 0 Å². The van der Waals surface area contributed by atoms with Gasteiger partial charge in [-0.05, 0) is 29.2 Å². The molecule has 1 aliphatic rings. The fraction of sp³-hybridized carbons (Fsp3) is 0.235. The number of nitrogens with one attached hydrogen (secondary N) is 1. The summed E-state index contributed by atoms with van der Waals surface area (Å²) in [7, 11) is 0. The van der Waals surface area contributed by atoms with Crippen molar-refractivity contribution < 1.29 is 6.22 Å². The van der Waals surface area contributed by atoms with Gasteiger partial charge in [0.2, 0.25) is 0 Å². The average molecular weight is 255 g/mol. The van der Waals surface area contributed by atoms with Crippen molar-refractivity contribution in [2.45, 2.75) is 26.8 Å². The summed E-state index contributed by atoms with van der Waals surface area (Å²) in [5.41, 5.74) is 4.39. The third kappa shape index (κ3) is 3.02. The van der Waals surface area contributed by atoms with Gasteiger partial charge in [0.1, 0.15) is 0 Å². The van der Waals surface area contributed by atoms with Gasteiger partial charge in [-0.25, -0.2) is 0 Å². The molecule has 0 radical (unpaired) electrons. The van der Waals surface area contributed by atoms with Crippen molar-refractivity contribution in [1.82, 2.24) is 5.32 Å². The van der Waals surface area contributed by atoms with Crippen LogP contribution in [-0.2, 0) is 13.0 Å². The first-order valence-electron chi connectivity index (χ1n) is 6.77. The molecule has 0 saturated carbocycles. The molecule has 0 atom stereocenters. The van der Waals surface area contributed by atoms with E-state index >= 15 is 0 Å². The van der Waals surface area contributed by atoms with Gasteiger partial charge in [-0.2, -0.15) is 0 Å². The molecule has 0 fully saturated rings. The Morgan fingerprint density at radius 3 is 2.53 bits per heavy atom. The fourth-order valence-corrected chi connectivity index (χ4v) is 2.20. The molecule has 1 aliphatic heterocycles. The zero-order valence-corrected chi connectivity index (χ0v) is 11.4. The summed E-state index contributed by atoms with van der Waals surface area (Å²) in [4.78, 5) is 11.6. The first-order chi connectivity index (χ1) is 9.33. The molecule has 1 amide bonds. The maximum absolute atomic E-state index is 11.6. The lowest BCUT2D eigenvalue weighted by Crippen LogP contribution is -2.12. The second-order valence-corrected chi connectivity index (χ2v) is 4.34. The summed E-state index contributed by atoms with van der Waals surface area (Å²) < 4.78 is 0. The van der Waals surface area contributed by atoms with Crippen molar-refractivity contribution in [3.63, 3.8) is 0 Å². The van der Waals surface area contributed by atoms with E-state index in [1.165, 1.54) is 11.1 Å². The molecular weight excluding hydrogens is 234 g/mol. The van der Waals surface area contributed by atoms with Crippen LogP contribution in [0.4, 0.5) is 0 Å². The zero-order valence-electron chi connectivity index (χ0n) is 11.4. The number of hydrogen-bond acceptors (Lipinski definition) is 1. The Balaban J connectivity index is 0.000000639. The number of carbonyl (C=O) groups excluding carboxylic acids is 1. The molecule has 2 aromatic rings. The predicted molar refractivity (Wildman–Crippen MR) is 80.3 cm³/mol. The summed E-state index contributed by atoms with van der Waals surface area (Å²) >= 11 is 0. The van der Waals surface area contributed by atoms with Crippen LogP contribution in [0.15, 0.2) is 48.5 Å². The van der Waals surface area contributed by atoms with Crippen molar-refractivity contribution in [1.29, 1.82) is 0 Å². The maximum atomic E-state index is 11.6. The number of hydrogen-bond donors (Lipinski definition) is 1. The fourth-order valence-electron chi connectivity index (χ4n) is 2.20. The third-order valence-electron chi connectivity index (χ3n) is 3.11. The van der Waals surface area contributed by atoms with Gasteiger partial charge in [0.25, 0.3) is 5.91 Å². The van der Waals surface area contributed by atoms with Crippen molar-refractivity contribution in [3.8, 4) is 0 Å². The molecule has 0 bridgehead atoms. The van der Waals surface area contributed by atoms with Crippen LogP contribution in [0.5, 0.6) is 0 Å². The van der Waals surface area contributed by atoms with Crippen LogP contribution in [-0.4, -0.2) is 5.91 Å². The highest BCUT2D eigenvalue weighted by molar-refractivity contribution is 5.98. The van der Waals surface area contributed by atoms with Crippen LogP contribution >= 0.6 is 0 Å². The molecule has 2 aromatic carbocycles. The molecule has 1 N–H and O–H groups in total. The minimum absolute atomic E-state index is 0. The molecule has 0 unspecified atom stereocenters. The number of benzene rings is 2. The van der Waals surface area contributed by atoms with Crippen LogP contribution in [0.1, 0.15) is 42.3 Å². The number of amides is 1. The normalized spacial score (nSPS) is 12.2. The van der Waals surface area contributed by atoms with Crippen LogP contribution in [0.2, 0.25) is 0 Å². The van der Waals surface area contributed by atoms with E-state index in [-0.39, 0.29) is 7.33 Å². The smallest absolute Gasteiger partial charge is 0.251 e. The Bertz CT molecular complexity index is 566. The van der Waals surface area contributed by atoms with Gasteiger partial charge in [0.15, 0.2) is 0 Å². The lowest BCUT2D eigenvalue weighted by Gasteiger charge is -2.03. The second-order valence-electron chi connectivity index (χ2n) is 4.34. The lowest BCUT2D eigenvalue weighted by atomic mass is 10.0. The van der Waals surface area contributed by atoms with Gasteiger partial charge in [-0.1, -0.05) is 56.3 Å². The molecule has 1 heterocycles. The predicted octanol–water partition coefficient (Wildman–Crippen LogP) is 3.79. The Morgan fingerprint density at radius 2 is 1.79 bits per heavy atom.